The van der Waals surface area contributed by atoms with Gasteiger partial charge in [0.1, 0.15) is 5.82 Å². The molecule has 1 saturated heterocycles. The number of rotatable bonds is 4. The summed E-state index contributed by atoms with van der Waals surface area (Å²) in [7, 11) is 0. The van der Waals surface area contributed by atoms with Gasteiger partial charge in [-0.25, -0.2) is 4.39 Å². The van der Waals surface area contributed by atoms with Gasteiger partial charge in [-0.05, 0) is 49.3 Å². The number of benzene rings is 1. The third kappa shape index (κ3) is 3.43. The number of amides is 1. The number of nitrogens with zero attached hydrogens (tertiary/aromatic N) is 3. The van der Waals surface area contributed by atoms with Gasteiger partial charge in [-0.3, -0.25) is 4.79 Å². The van der Waals surface area contributed by atoms with Crippen molar-refractivity contribution in [2.24, 2.45) is 5.92 Å². The van der Waals surface area contributed by atoms with Crippen LogP contribution in [-0.2, 0) is 4.79 Å². The van der Waals surface area contributed by atoms with E-state index in [4.69, 9.17) is 4.42 Å². The minimum Gasteiger partial charge on any atom is -0.425 e. The van der Waals surface area contributed by atoms with E-state index in [1.807, 2.05) is 4.90 Å². The zero-order valence-electron chi connectivity index (χ0n) is 14.3. The first-order valence-corrected chi connectivity index (χ1v) is 8.96. The molecule has 1 unspecified atom stereocenters. The molecule has 2 heterocycles. The largest absolute Gasteiger partial charge is 0.425 e. The number of carbonyl (C=O) groups is 1. The summed E-state index contributed by atoms with van der Waals surface area (Å²) in [6.07, 6.45) is 3.83. The Labute approximate surface area is 146 Å². The summed E-state index contributed by atoms with van der Waals surface area (Å²) in [5.74, 6) is 1.67. The summed E-state index contributed by atoms with van der Waals surface area (Å²) in [6, 6.07) is 6.40. The normalized spacial score (nSPS) is 19.8. The molecule has 1 saturated carbocycles. The molecule has 1 aromatic carbocycles. The molecule has 2 aromatic rings. The smallest absolute Gasteiger partial charge is 0.230 e. The molecule has 1 atom stereocenters. The Morgan fingerprint density at radius 2 is 1.84 bits per heavy atom. The minimum atomic E-state index is -0.263. The lowest BCUT2D eigenvalue weighted by atomic mass is 9.90. The maximum absolute atomic E-state index is 13.2. The molecule has 5 nitrogen and oxygen atoms in total. The van der Waals surface area contributed by atoms with Crippen LogP contribution in [-0.4, -0.2) is 34.1 Å². The predicted octanol–water partition coefficient (Wildman–Crippen LogP) is 3.42. The monoisotopic (exact) mass is 343 g/mol. The van der Waals surface area contributed by atoms with Gasteiger partial charge in [0.05, 0.1) is 5.92 Å². The summed E-state index contributed by atoms with van der Waals surface area (Å²) in [4.78, 5) is 15.0. The number of aryl methyl sites for hydroxylation is 1. The SMILES string of the molecule is Cc1nnc(C2CCN(C(=O)C(c3ccc(F)cc3)C3CC3)CC2)o1. The van der Waals surface area contributed by atoms with Gasteiger partial charge in [-0.15, -0.1) is 10.2 Å². The highest BCUT2D eigenvalue weighted by molar-refractivity contribution is 5.84. The minimum absolute atomic E-state index is 0.136. The van der Waals surface area contributed by atoms with Crippen LogP contribution in [0.3, 0.4) is 0 Å². The Bertz CT molecular complexity index is 746. The molecule has 25 heavy (non-hydrogen) atoms. The van der Waals surface area contributed by atoms with Crippen LogP contribution >= 0.6 is 0 Å². The lowest BCUT2D eigenvalue weighted by Gasteiger charge is -2.33. The Balaban J connectivity index is 1.44. The van der Waals surface area contributed by atoms with Crippen molar-refractivity contribution >= 4 is 5.91 Å². The second-order valence-corrected chi connectivity index (χ2v) is 7.13. The Morgan fingerprint density at radius 1 is 1.16 bits per heavy atom. The number of likely N-dealkylation sites (tertiary alicyclic amines) is 1. The fraction of sp³-hybridized carbons (Fsp3) is 0.526. The molecule has 132 valence electrons. The molecular formula is C19H22FN3O2. The third-order valence-electron chi connectivity index (χ3n) is 5.29. The summed E-state index contributed by atoms with van der Waals surface area (Å²) >= 11 is 0. The van der Waals surface area contributed by atoms with E-state index >= 15 is 0 Å². The molecule has 0 N–H and O–H groups in total. The first-order chi connectivity index (χ1) is 12.1. The van der Waals surface area contributed by atoms with Crippen molar-refractivity contribution in [3.8, 4) is 0 Å². The van der Waals surface area contributed by atoms with Gasteiger partial charge in [-0.2, -0.15) is 0 Å². The lowest BCUT2D eigenvalue weighted by molar-refractivity contribution is -0.134. The topological polar surface area (TPSA) is 59.2 Å². The van der Waals surface area contributed by atoms with Gasteiger partial charge in [0, 0.05) is 25.9 Å². The summed E-state index contributed by atoms with van der Waals surface area (Å²) in [5.41, 5.74) is 0.934. The highest BCUT2D eigenvalue weighted by Crippen LogP contribution is 2.44. The van der Waals surface area contributed by atoms with Crippen LogP contribution in [0.25, 0.3) is 0 Å². The summed E-state index contributed by atoms with van der Waals surface area (Å²) in [5, 5.41) is 8.01. The van der Waals surface area contributed by atoms with Crippen molar-refractivity contribution in [1.29, 1.82) is 0 Å². The Morgan fingerprint density at radius 3 is 2.40 bits per heavy atom. The average molecular weight is 343 g/mol. The van der Waals surface area contributed by atoms with Gasteiger partial charge < -0.3 is 9.32 Å². The summed E-state index contributed by atoms with van der Waals surface area (Å²) in [6.45, 7) is 3.20. The Hall–Kier alpha value is -2.24. The van der Waals surface area contributed by atoms with Crippen molar-refractivity contribution in [3.63, 3.8) is 0 Å². The van der Waals surface area contributed by atoms with Gasteiger partial charge >= 0.3 is 0 Å². The maximum Gasteiger partial charge on any atom is 0.230 e. The van der Waals surface area contributed by atoms with Crippen molar-refractivity contribution in [3.05, 3.63) is 47.4 Å². The molecule has 2 aliphatic rings. The van der Waals surface area contributed by atoms with Crippen LogP contribution in [0.15, 0.2) is 28.7 Å². The predicted molar refractivity (Wildman–Crippen MR) is 89.5 cm³/mol. The maximum atomic E-state index is 13.2. The van der Waals surface area contributed by atoms with Crippen LogP contribution in [0.5, 0.6) is 0 Å². The third-order valence-corrected chi connectivity index (χ3v) is 5.29. The zero-order chi connectivity index (χ0) is 17.4. The molecule has 2 fully saturated rings. The second-order valence-electron chi connectivity index (χ2n) is 7.13. The second kappa shape index (κ2) is 6.58. The molecule has 1 amide bonds. The van der Waals surface area contributed by atoms with Crippen LogP contribution < -0.4 is 0 Å². The van der Waals surface area contributed by atoms with E-state index in [9.17, 15) is 9.18 Å². The van der Waals surface area contributed by atoms with Crippen molar-refractivity contribution in [2.45, 2.75) is 44.4 Å². The van der Waals surface area contributed by atoms with E-state index in [1.165, 1.54) is 12.1 Å². The van der Waals surface area contributed by atoms with E-state index in [2.05, 4.69) is 10.2 Å². The molecule has 1 aromatic heterocycles. The van der Waals surface area contributed by atoms with Crippen molar-refractivity contribution in [1.82, 2.24) is 15.1 Å². The van der Waals surface area contributed by atoms with Crippen LogP contribution in [0.4, 0.5) is 4.39 Å². The van der Waals surface area contributed by atoms with Gasteiger partial charge in [0.25, 0.3) is 0 Å². The van der Waals surface area contributed by atoms with Crippen molar-refractivity contribution in [2.75, 3.05) is 13.1 Å². The number of carbonyl (C=O) groups excluding carboxylic acids is 1. The Kier molecular flexibility index (Phi) is 4.27. The fourth-order valence-electron chi connectivity index (χ4n) is 3.74. The number of hydrogen-bond donors (Lipinski definition) is 0. The molecule has 1 aliphatic carbocycles. The van der Waals surface area contributed by atoms with E-state index in [0.717, 1.165) is 31.2 Å². The highest BCUT2D eigenvalue weighted by Gasteiger charge is 2.40. The molecule has 1 aliphatic heterocycles. The van der Waals surface area contributed by atoms with Crippen molar-refractivity contribution < 1.29 is 13.6 Å². The summed E-state index contributed by atoms with van der Waals surface area (Å²) < 4.78 is 18.7. The quantitative estimate of drug-likeness (QED) is 0.853. The number of hydrogen-bond acceptors (Lipinski definition) is 4. The molecule has 6 heteroatoms. The molecule has 4 rings (SSSR count). The van der Waals surface area contributed by atoms with E-state index in [1.54, 1.807) is 19.1 Å². The zero-order valence-corrected chi connectivity index (χ0v) is 14.3. The van der Waals surface area contributed by atoms with E-state index in [-0.39, 0.29) is 23.6 Å². The molecule has 0 spiro atoms. The van der Waals surface area contributed by atoms with Crippen LogP contribution in [0.2, 0.25) is 0 Å². The molecule has 0 bridgehead atoms. The van der Waals surface area contributed by atoms with Crippen LogP contribution in [0, 0.1) is 18.7 Å². The lowest BCUT2D eigenvalue weighted by Crippen LogP contribution is -2.41. The molecular weight excluding hydrogens is 321 g/mol. The standard InChI is InChI=1S/C19H22FN3O2/c1-12-21-22-18(25-12)15-8-10-23(11-9-15)19(24)17(13-2-3-13)14-4-6-16(20)7-5-14/h4-7,13,15,17H,2-3,8-11H2,1H3. The first-order valence-electron chi connectivity index (χ1n) is 8.96. The number of piperidine rings is 1. The average Bonchev–Trinajstić information content (AvgIpc) is 3.36. The number of halogens is 1. The van der Waals surface area contributed by atoms with Crippen LogP contribution in [0.1, 0.15) is 54.9 Å². The number of aromatic nitrogens is 2. The first kappa shape index (κ1) is 16.2. The van der Waals surface area contributed by atoms with Gasteiger partial charge in [0.2, 0.25) is 17.7 Å². The van der Waals surface area contributed by atoms with Gasteiger partial charge in [-0.1, -0.05) is 12.1 Å². The molecule has 0 radical (unpaired) electrons. The highest BCUT2D eigenvalue weighted by atomic mass is 19.1. The van der Waals surface area contributed by atoms with E-state index < -0.39 is 0 Å². The van der Waals surface area contributed by atoms with Gasteiger partial charge in [0.15, 0.2) is 0 Å². The fourth-order valence-corrected chi connectivity index (χ4v) is 3.74. The van der Waals surface area contributed by atoms with E-state index in [0.29, 0.717) is 30.8 Å².